The molecule has 0 aliphatic rings. The number of rotatable bonds is 6. The predicted molar refractivity (Wildman–Crippen MR) is 109 cm³/mol. The molecule has 5 heteroatoms. The molecule has 1 amide bonds. The van der Waals surface area contributed by atoms with E-state index in [0.29, 0.717) is 10.6 Å². The zero-order valence-corrected chi connectivity index (χ0v) is 15.5. The van der Waals surface area contributed by atoms with E-state index in [-0.39, 0.29) is 5.91 Å². The van der Waals surface area contributed by atoms with Gasteiger partial charge in [-0.05, 0) is 47.5 Å². The summed E-state index contributed by atoms with van der Waals surface area (Å²) in [6, 6.07) is 25.0. The second-order valence-corrected chi connectivity index (χ2v) is 7.04. The van der Waals surface area contributed by atoms with Crippen LogP contribution >= 0.6 is 23.4 Å². The van der Waals surface area contributed by atoms with Crippen LogP contribution in [-0.2, 0) is 5.75 Å². The Bertz CT molecular complexity index is 895. The molecule has 0 saturated heterocycles. The maximum absolute atomic E-state index is 12.1. The third-order valence-corrected chi connectivity index (χ3v) is 4.91. The summed E-state index contributed by atoms with van der Waals surface area (Å²) < 4.78 is 0. The number of benzene rings is 3. The van der Waals surface area contributed by atoms with Gasteiger partial charge in [-0.3, -0.25) is 4.79 Å². The van der Waals surface area contributed by atoms with E-state index < -0.39 is 0 Å². The van der Waals surface area contributed by atoms with Crippen LogP contribution in [0.4, 0.5) is 0 Å². The Balaban J connectivity index is 1.53. The fourth-order valence-corrected chi connectivity index (χ4v) is 3.33. The van der Waals surface area contributed by atoms with Crippen LogP contribution in [0.5, 0.6) is 0 Å². The molecular formula is C21H17ClN2OS. The van der Waals surface area contributed by atoms with Gasteiger partial charge in [-0.1, -0.05) is 54.1 Å². The topological polar surface area (TPSA) is 41.5 Å². The van der Waals surface area contributed by atoms with Crippen molar-refractivity contribution < 1.29 is 4.79 Å². The van der Waals surface area contributed by atoms with Crippen molar-refractivity contribution in [2.24, 2.45) is 5.10 Å². The van der Waals surface area contributed by atoms with E-state index >= 15 is 0 Å². The van der Waals surface area contributed by atoms with Gasteiger partial charge >= 0.3 is 0 Å². The minimum absolute atomic E-state index is 0.245. The first-order valence-corrected chi connectivity index (χ1v) is 9.43. The van der Waals surface area contributed by atoms with E-state index in [2.05, 4.69) is 22.7 Å². The van der Waals surface area contributed by atoms with Crippen molar-refractivity contribution in [3.8, 4) is 0 Å². The third-order valence-electron chi connectivity index (χ3n) is 3.59. The van der Waals surface area contributed by atoms with Crippen LogP contribution in [0.1, 0.15) is 21.5 Å². The summed E-state index contributed by atoms with van der Waals surface area (Å²) in [4.78, 5) is 13.4. The lowest BCUT2D eigenvalue weighted by Gasteiger charge is -2.04. The summed E-state index contributed by atoms with van der Waals surface area (Å²) in [5.74, 6) is 0.615. The second kappa shape index (κ2) is 9.22. The zero-order valence-electron chi connectivity index (χ0n) is 13.9. The van der Waals surface area contributed by atoms with Crippen LogP contribution in [0.2, 0.25) is 5.02 Å². The monoisotopic (exact) mass is 380 g/mol. The summed E-state index contributed by atoms with van der Waals surface area (Å²) in [5.41, 5.74) is 5.09. The van der Waals surface area contributed by atoms with Gasteiger partial charge in [-0.2, -0.15) is 5.10 Å². The number of carbonyl (C=O) groups excluding carboxylic acids is 1. The molecule has 3 nitrogen and oxygen atoms in total. The molecule has 0 heterocycles. The predicted octanol–water partition coefficient (Wildman–Crippen LogP) is 5.40. The number of amides is 1. The lowest BCUT2D eigenvalue weighted by atomic mass is 10.1. The number of carbonyl (C=O) groups is 1. The lowest BCUT2D eigenvalue weighted by molar-refractivity contribution is 0.0955. The molecule has 0 spiro atoms. The quantitative estimate of drug-likeness (QED) is 0.353. The average Bonchev–Trinajstić information content (AvgIpc) is 2.67. The Morgan fingerprint density at radius 1 is 1.00 bits per heavy atom. The van der Waals surface area contributed by atoms with E-state index in [0.717, 1.165) is 16.9 Å². The smallest absolute Gasteiger partial charge is 0.267 e. The van der Waals surface area contributed by atoms with Gasteiger partial charge in [0.15, 0.2) is 0 Å². The SMILES string of the molecule is O=C(N/N=C\c1cccc(Cl)c1)c1ccc(CSc2ccccc2)cc1. The average molecular weight is 381 g/mol. The van der Waals surface area contributed by atoms with Crippen LogP contribution in [0.25, 0.3) is 0 Å². The summed E-state index contributed by atoms with van der Waals surface area (Å²) in [6.45, 7) is 0. The van der Waals surface area contributed by atoms with Gasteiger partial charge in [0.1, 0.15) is 0 Å². The third kappa shape index (κ3) is 5.48. The van der Waals surface area contributed by atoms with E-state index in [1.165, 1.54) is 4.90 Å². The molecule has 0 aromatic heterocycles. The number of nitrogens with one attached hydrogen (secondary N) is 1. The van der Waals surface area contributed by atoms with Crippen LogP contribution in [0.15, 0.2) is 88.9 Å². The maximum Gasteiger partial charge on any atom is 0.271 e. The largest absolute Gasteiger partial charge is 0.271 e. The van der Waals surface area contributed by atoms with E-state index in [9.17, 15) is 4.79 Å². The summed E-state index contributed by atoms with van der Waals surface area (Å²) in [6.07, 6.45) is 1.56. The maximum atomic E-state index is 12.1. The Kier molecular flexibility index (Phi) is 6.47. The standard InChI is InChI=1S/C21H17ClN2OS/c22-19-6-4-5-17(13-19)14-23-24-21(25)18-11-9-16(10-12-18)15-26-20-7-2-1-3-8-20/h1-14H,15H2,(H,24,25)/b23-14-. The van der Waals surface area contributed by atoms with Gasteiger partial charge in [-0.15, -0.1) is 11.8 Å². The van der Waals surface area contributed by atoms with Crippen molar-refractivity contribution >= 4 is 35.5 Å². The number of nitrogens with zero attached hydrogens (tertiary/aromatic N) is 1. The van der Waals surface area contributed by atoms with E-state index in [1.807, 2.05) is 54.6 Å². The van der Waals surface area contributed by atoms with Gasteiger partial charge in [0.2, 0.25) is 0 Å². The highest BCUT2D eigenvalue weighted by Gasteiger charge is 2.04. The molecule has 0 radical (unpaired) electrons. The number of halogens is 1. The molecule has 1 N–H and O–H groups in total. The Labute approximate surface area is 162 Å². The number of thioether (sulfide) groups is 1. The molecule has 3 aromatic rings. The fraction of sp³-hybridized carbons (Fsp3) is 0.0476. The van der Waals surface area contributed by atoms with Gasteiger partial charge in [-0.25, -0.2) is 5.43 Å². The normalized spacial score (nSPS) is 10.8. The van der Waals surface area contributed by atoms with Gasteiger partial charge in [0.05, 0.1) is 6.21 Å². The molecule has 3 aromatic carbocycles. The molecular weight excluding hydrogens is 364 g/mol. The molecule has 0 aliphatic carbocycles. The first-order chi connectivity index (χ1) is 12.7. The molecule has 0 atom stereocenters. The molecule has 130 valence electrons. The van der Waals surface area contributed by atoms with Gasteiger partial charge in [0, 0.05) is 21.2 Å². The first-order valence-electron chi connectivity index (χ1n) is 8.06. The van der Waals surface area contributed by atoms with Crippen molar-refractivity contribution in [3.05, 3.63) is 101 Å². The van der Waals surface area contributed by atoms with Crippen LogP contribution < -0.4 is 5.43 Å². The van der Waals surface area contributed by atoms with Crippen molar-refractivity contribution in [1.29, 1.82) is 0 Å². The Hall–Kier alpha value is -2.56. The van der Waals surface area contributed by atoms with Gasteiger partial charge in [0.25, 0.3) is 5.91 Å². The zero-order chi connectivity index (χ0) is 18.2. The second-order valence-electron chi connectivity index (χ2n) is 5.55. The lowest BCUT2D eigenvalue weighted by Crippen LogP contribution is -2.17. The highest BCUT2D eigenvalue weighted by atomic mass is 35.5. The molecule has 0 saturated carbocycles. The molecule has 26 heavy (non-hydrogen) atoms. The minimum Gasteiger partial charge on any atom is -0.267 e. The van der Waals surface area contributed by atoms with Crippen LogP contribution in [0.3, 0.4) is 0 Å². The number of hydrogen-bond donors (Lipinski definition) is 1. The van der Waals surface area contributed by atoms with Crippen LogP contribution in [0, 0.1) is 0 Å². The van der Waals surface area contributed by atoms with Crippen molar-refractivity contribution in [2.75, 3.05) is 0 Å². The molecule has 0 bridgehead atoms. The molecule has 0 fully saturated rings. The summed E-state index contributed by atoms with van der Waals surface area (Å²) >= 11 is 7.68. The summed E-state index contributed by atoms with van der Waals surface area (Å²) in [5, 5.41) is 4.60. The van der Waals surface area contributed by atoms with Crippen molar-refractivity contribution in [3.63, 3.8) is 0 Å². The van der Waals surface area contributed by atoms with Crippen molar-refractivity contribution in [2.45, 2.75) is 10.6 Å². The first kappa shape index (κ1) is 18.2. The number of hydrazone groups is 1. The Morgan fingerprint density at radius 3 is 2.50 bits per heavy atom. The Morgan fingerprint density at radius 2 is 1.77 bits per heavy atom. The minimum atomic E-state index is -0.245. The fourth-order valence-electron chi connectivity index (χ4n) is 2.25. The highest BCUT2D eigenvalue weighted by Crippen LogP contribution is 2.22. The molecule has 3 rings (SSSR count). The van der Waals surface area contributed by atoms with Crippen molar-refractivity contribution in [1.82, 2.24) is 5.43 Å². The number of hydrogen-bond acceptors (Lipinski definition) is 3. The summed E-state index contributed by atoms with van der Waals surface area (Å²) in [7, 11) is 0. The van der Waals surface area contributed by atoms with E-state index in [4.69, 9.17) is 11.6 Å². The molecule has 0 aliphatic heterocycles. The van der Waals surface area contributed by atoms with Gasteiger partial charge < -0.3 is 0 Å². The highest BCUT2D eigenvalue weighted by molar-refractivity contribution is 7.98. The van der Waals surface area contributed by atoms with E-state index in [1.54, 1.807) is 30.1 Å². The van der Waals surface area contributed by atoms with Crippen LogP contribution in [-0.4, -0.2) is 12.1 Å². The molecule has 0 unspecified atom stereocenters.